The molecule has 1 aromatic carbocycles. The maximum Gasteiger partial charge on any atom is 0.343 e. The third-order valence-electron chi connectivity index (χ3n) is 6.52. The molecule has 0 spiro atoms. The summed E-state index contributed by atoms with van der Waals surface area (Å²) < 4.78 is 21.2. The summed E-state index contributed by atoms with van der Waals surface area (Å²) in [5, 5.41) is 14.0. The number of amides is 1. The first-order chi connectivity index (χ1) is 15.7. The number of cyclic esters (lactones) is 1. The van der Waals surface area contributed by atoms with Gasteiger partial charge in [-0.15, -0.1) is 0 Å². The molecule has 33 heavy (non-hydrogen) atoms. The molecule has 1 atom stereocenters. The van der Waals surface area contributed by atoms with Crippen LogP contribution in [0.1, 0.15) is 35.6 Å². The van der Waals surface area contributed by atoms with Gasteiger partial charge >= 0.3 is 5.97 Å². The van der Waals surface area contributed by atoms with Crippen LogP contribution in [0, 0.1) is 12.7 Å². The van der Waals surface area contributed by atoms with E-state index < -0.39 is 23.3 Å². The van der Waals surface area contributed by atoms with Crippen molar-refractivity contribution in [3.63, 3.8) is 0 Å². The number of pyridine rings is 2. The Labute approximate surface area is 187 Å². The Kier molecular flexibility index (Phi) is 4.62. The number of nitrogens with zero attached hydrogens (tertiary/aromatic N) is 2. The number of carbonyl (C=O) groups excluding carboxylic acids is 2. The lowest BCUT2D eigenvalue weighted by Crippen LogP contribution is -2.44. The van der Waals surface area contributed by atoms with E-state index in [0.717, 1.165) is 11.1 Å². The zero-order valence-corrected chi connectivity index (χ0v) is 18.0. The average molecular weight is 452 g/mol. The molecule has 0 saturated carbocycles. The van der Waals surface area contributed by atoms with Crippen LogP contribution in [0.25, 0.3) is 22.3 Å². The molecule has 0 radical (unpaired) electrons. The number of nitrogens with two attached hydrogens (primary N) is 1. The third kappa shape index (κ3) is 2.91. The van der Waals surface area contributed by atoms with Gasteiger partial charge in [0.1, 0.15) is 12.4 Å². The highest BCUT2D eigenvalue weighted by atomic mass is 19.1. The molecule has 0 unspecified atom stereocenters. The number of carbonyl (C=O) groups is 2. The van der Waals surface area contributed by atoms with Crippen LogP contribution >= 0.6 is 0 Å². The maximum atomic E-state index is 14.6. The zero-order valence-electron chi connectivity index (χ0n) is 18.0. The van der Waals surface area contributed by atoms with Gasteiger partial charge in [-0.05, 0) is 31.0 Å². The molecule has 9 nitrogen and oxygen atoms in total. The van der Waals surface area contributed by atoms with Crippen LogP contribution in [-0.4, -0.2) is 33.1 Å². The summed E-state index contributed by atoms with van der Waals surface area (Å²) in [6.07, 6.45) is 0.0429. The predicted octanol–water partition coefficient (Wildman–Crippen LogP) is 1.42. The second-order valence-corrected chi connectivity index (χ2v) is 8.27. The van der Waals surface area contributed by atoms with Crippen molar-refractivity contribution in [2.75, 3.05) is 11.9 Å². The van der Waals surface area contributed by atoms with Crippen LogP contribution in [0.2, 0.25) is 0 Å². The smallest absolute Gasteiger partial charge is 0.343 e. The summed E-state index contributed by atoms with van der Waals surface area (Å²) >= 11 is 0. The Morgan fingerprint density at radius 1 is 1.33 bits per heavy atom. The minimum atomic E-state index is -1.92. The number of anilines is 1. The van der Waals surface area contributed by atoms with Gasteiger partial charge in [0.05, 0.1) is 41.2 Å². The predicted molar refractivity (Wildman–Crippen MR) is 117 cm³/mol. The average Bonchev–Trinajstić information content (AvgIpc) is 3.17. The number of aliphatic hydroxyl groups is 1. The molecule has 10 heteroatoms. The summed E-state index contributed by atoms with van der Waals surface area (Å²) in [5.41, 5.74) is 6.28. The Morgan fingerprint density at radius 2 is 2.09 bits per heavy atom. The van der Waals surface area contributed by atoms with Crippen molar-refractivity contribution < 1.29 is 23.8 Å². The third-order valence-corrected chi connectivity index (χ3v) is 6.52. The highest BCUT2D eigenvalue weighted by Crippen LogP contribution is 2.40. The fourth-order valence-corrected chi connectivity index (χ4v) is 4.60. The number of hydrogen-bond acceptors (Lipinski definition) is 7. The van der Waals surface area contributed by atoms with Crippen molar-refractivity contribution >= 4 is 28.5 Å². The number of benzene rings is 1. The number of esters is 1. The van der Waals surface area contributed by atoms with Crippen LogP contribution in [0.3, 0.4) is 0 Å². The molecule has 2 aliphatic rings. The Morgan fingerprint density at radius 3 is 2.79 bits per heavy atom. The number of hydrogen-bond donors (Lipinski definition) is 3. The molecule has 5 rings (SSSR count). The number of ether oxygens (including phenoxy) is 1. The minimum Gasteiger partial charge on any atom is -0.458 e. The van der Waals surface area contributed by atoms with Gasteiger partial charge in [-0.25, -0.2) is 14.2 Å². The Hall–Kier alpha value is -3.63. The maximum absolute atomic E-state index is 14.6. The van der Waals surface area contributed by atoms with E-state index in [1.165, 1.54) is 16.7 Å². The fraction of sp³-hybridized carbons (Fsp3) is 0.304. The highest BCUT2D eigenvalue weighted by molar-refractivity contribution is 5.96. The number of aromatic nitrogens is 2. The van der Waals surface area contributed by atoms with E-state index in [0.29, 0.717) is 22.3 Å². The van der Waals surface area contributed by atoms with E-state index in [9.17, 15) is 23.9 Å². The first-order valence-corrected chi connectivity index (χ1v) is 10.5. The number of halogens is 1. The molecule has 2 aliphatic heterocycles. The molecular weight excluding hydrogens is 431 g/mol. The van der Waals surface area contributed by atoms with Gasteiger partial charge in [-0.3, -0.25) is 9.59 Å². The standard InChI is InChI=1S/C23H21FN4O5/c1-3-23(32)14-5-18-20-12(8-28(18)21(30)13(14)9-33-22(23)31)10(2)11-4-17(26-19(29)7-25)15(24)6-16(11)27-20/h4-6,32H,3,7-9,25H2,1-2H3,(H,26,29)/t23-/m0/s1. The highest BCUT2D eigenvalue weighted by Gasteiger charge is 2.45. The van der Waals surface area contributed by atoms with E-state index >= 15 is 0 Å². The lowest BCUT2D eigenvalue weighted by molar-refractivity contribution is -0.172. The summed E-state index contributed by atoms with van der Waals surface area (Å²) in [5.74, 6) is -1.98. The van der Waals surface area contributed by atoms with Crippen molar-refractivity contribution in [2.24, 2.45) is 5.73 Å². The van der Waals surface area contributed by atoms with E-state index in [1.807, 2.05) is 6.92 Å². The second kappa shape index (κ2) is 7.19. The fourth-order valence-electron chi connectivity index (χ4n) is 4.60. The van der Waals surface area contributed by atoms with Crippen molar-refractivity contribution in [1.29, 1.82) is 0 Å². The number of fused-ring (bicyclic) bond motifs is 5. The zero-order chi connectivity index (χ0) is 23.7. The van der Waals surface area contributed by atoms with Gasteiger partial charge in [0.2, 0.25) is 5.91 Å². The first-order valence-electron chi connectivity index (χ1n) is 10.5. The molecule has 2 aromatic heterocycles. The molecule has 1 amide bonds. The molecule has 4 heterocycles. The topological polar surface area (TPSA) is 137 Å². The van der Waals surface area contributed by atoms with E-state index in [2.05, 4.69) is 10.3 Å². The summed E-state index contributed by atoms with van der Waals surface area (Å²) in [6, 6.07) is 4.32. The van der Waals surface area contributed by atoms with Crippen LogP contribution in [0.15, 0.2) is 23.0 Å². The van der Waals surface area contributed by atoms with E-state index in [-0.39, 0.29) is 48.5 Å². The summed E-state index contributed by atoms with van der Waals surface area (Å²) in [4.78, 5) is 41.8. The first kappa shape index (κ1) is 21.2. The Bertz CT molecular complexity index is 1450. The normalized spacial score (nSPS) is 18.5. The minimum absolute atomic E-state index is 0.00499. The van der Waals surface area contributed by atoms with Crippen molar-refractivity contribution in [1.82, 2.24) is 9.55 Å². The molecule has 3 aromatic rings. The van der Waals surface area contributed by atoms with Crippen LogP contribution in [0.5, 0.6) is 0 Å². The van der Waals surface area contributed by atoms with Gasteiger partial charge in [-0.2, -0.15) is 0 Å². The monoisotopic (exact) mass is 452 g/mol. The number of nitrogens with one attached hydrogen (secondary N) is 1. The number of rotatable bonds is 3. The SMILES string of the molecule is CC[C@@]1(O)C(=O)OCc2c1cc1n(c2=O)Cc2c-1nc1cc(F)c(NC(=O)CN)cc1c2C. The van der Waals surface area contributed by atoms with Gasteiger partial charge in [0.15, 0.2) is 5.60 Å². The largest absolute Gasteiger partial charge is 0.458 e. The molecule has 0 bridgehead atoms. The molecule has 0 saturated heterocycles. The second-order valence-electron chi connectivity index (χ2n) is 8.27. The summed E-state index contributed by atoms with van der Waals surface area (Å²) in [6.45, 7) is 3.20. The molecule has 4 N–H and O–H groups in total. The van der Waals surface area contributed by atoms with Gasteiger partial charge in [0, 0.05) is 22.6 Å². The van der Waals surface area contributed by atoms with Gasteiger partial charge in [0.25, 0.3) is 5.56 Å². The number of aryl methyl sites for hydroxylation is 1. The molecule has 0 fully saturated rings. The lowest BCUT2D eigenvalue weighted by Gasteiger charge is -2.31. The molecule has 170 valence electrons. The van der Waals surface area contributed by atoms with Crippen molar-refractivity contribution in [2.45, 2.75) is 39.0 Å². The molecule has 0 aliphatic carbocycles. The van der Waals surface area contributed by atoms with E-state index in [4.69, 9.17) is 10.5 Å². The van der Waals surface area contributed by atoms with Crippen molar-refractivity contribution in [3.8, 4) is 11.4 Å². The van der Waals surface area contributed by atoms with Gasteiger partial charge in [-0.1, -0.05) is 6.92 Å². The van der Waals surface area contributed by atoms with E-state index in [1.54, 1.807) is 13.0 Å². The van der Waals surface area contributed by atoms with Crippen molar-refractivity contribution in [3.05, 3.63) is 56.6 Å². The van der Waals surface area contributed by atoms with Crippen LogP contribution in [-0.2, 0) is 33.1 Å². The summed E-state index contributed by atoms with van der Waals surface area (Å²) in [7, 11) is 0. The Balaban J connectivity index is 1.73. The molecular formula is C23H21FN4O5. The van der Waals surface area contributed by atoms with Crippen LogP contribution in [0.4, 0.5) is 10.1 Å². The quantitative estimate of drug-likeness (QED) is 0.400. The lowest BCUT2D eigenvalue weighted by atomic mass is 9.86. The van der Waals surface area contributed by atoms with Gasteiger partial charge < -0.3 is 25.5 Å². The van der Waals surface area contributed by atoms with Crippen LogP contribution < -0.4 is 16.6 Å².